The van der Waals surface area contributed by atoms with Crippen LogP contribution in [0, 0.1) is 17.8 Å². The number of hydrogen-bond donors (Lipinski definition) is 2. The van der Waals surface area contributed by atoms with Gasteiger partial charge in [-0.15, -0.1) is 0 Å². The maximum atomic E-state index is 12.6. The Balaban J connectivity index is 2.36. The van der Waals surface area contributed by atoms with Crippen molar-refractivity contribution in [1.82, 2.24) is 0 Å². The minimum absolute atomic E-state index is 0.0598. The molecule has 0 aromatic heterocycles. The largest absolute Gasteiger partial charge is 0.481 e. The van der Waals surface area contributed by atoms with Gasteiger partial charge < -0.3 is 19.7 Å². The molecule has 32 heavy (non-hydrogen) atoms. The molecule has 0 saturated carbocycles. The van der Waals surface area contributed by atoms with Crippen molar-refractivity contribution in [2.45, 2.75) is 110 Å². The van der Waals surface area contributed by atoms with E-state index in [1.807, 2.05) is 13.8 Å². The van der Waals surface area contributed by atoms with Crippen LogP contribution in [0.2, 0.25) is 0 Å². The van der Waals surface area contributed by atoms with Crippen LogP contribution in [0.1, 0.15) is 91.9 Å². The Morgan fingerprint density at radius 1 is 1.09 bits per heavy atom. The van der Waals surface area contributed by atoms with Crippen LogP contribution in [0.4, 0.5) is 0 Å². The Labute approximate surface area is 192 Å². The van der Waals surface area contributed by atoms with E-state index in [-0.39, 0.29) is 36.6 Å². The van der Waals surface area contributed by atoms with Gasteiger partial charge in [-0.05, 0) is 38.0 Å². The van der Waals surface area contributed by atoms with Crippen LogP contribution in [-0.4, -0.2) is 46.4 Å². The highest BCUT2D eigenvalue weighted by molar-refractivity contribution is 5.72. The van der Waals surface area contributed by atoms with Crippen molar-refractivity contribution in [2.24, 2.45) is 17.8 Å². The van der Waals surface area contributed by atoms with Crippen LogP contribution in [0.5, 0.6) is 0 Å². The van der Waals surface area contributed by atoms with Gasteiger partial charge in [0.25, 0.3) is 0 Å². The van der Waals surface area contributed by atoms with Gasteiger partial charge in [-0.1, -0.05) is 59.1 Å². The summed E-state index contributed by atoms with van der Waals surface area (Å²) in [6.45, 7) is 11.6. The highest BCUT2D eigenvalue weighted by Gasteiger charge is 2.32. The number of ether oxygens (including phenoxy) is 2. The molecule has 1 rings (SSSR count). The molecule has 0 aromatic rings. The normalized spacial score (nSPS) is 23.3. The molecule has 1 aliphatic rings. The second kappa shape index (κ2) is 14.3. The molecule has 1 aliphatic heterocycles. The zero-order chi connectivity index (χ0) is 24.3. The summed E-state index contributed by atoms with van der Waals surface area (Å²) in [6.07, 6.45) is 6.39. The van der Waals surface area contributed by atoms with Crippen LogP contribution in [0.15, 0.2) is 12.2 Å². The maximum Gasteiger partial charge on any atom is 0.308 e. The Bertz CT molecular complexity index is 630. The molecule has 1 heterocycles. The lowest BCUT2D eigenvalue weighted by molar-refractivity contribution is -0.154. The lowest BCUT2D eigenvalue weighted by Crippen LogP contribution is -2.24. The Hall–Kier alpha value is -1.89. The van der Waals surface area contributed by atoms with E-state index in [0.29, 0.717) is 18.8 Å². The fraction of sp³-hybridized carbons (Fsp3) is 0.800. The predicted octanol–water partition coefficient (Wildman–Crippen LogP) is 5.22. The van der Waals surface area contributed by atoms with Gasteiger partial charge in [0.1, 0.15) is 6.10 Å². The highest BCUT2D eigenvalue weighted by atomic mass is 16.5. The van der Waals surface area contributed by atoms with Gasteiger partial charge in [-0.2, -0.15) is 0 Å². The first-order chi connectivity index (χ1) is 15.0. The molecule has 0 radical (unpaired) electrons. The fourth-order valence-electron chi connectivity index (χ4n) is 4.33. The molecule has 1 fully saturated rings. The summed E-state index contributed by atoms with van der Waals surface area (Å²) < 4.78 is 11.6. The first-order valence-corrected chi connectivity index (χ1v) is 12.0. The molecular weight excluding hydrogens is 412 g/mol. The molecular formula is C25H42O7. The third-order valence-electron chi connectivity index (χ3n) is 6.24. The quantitative estimate of drug-likeness (QED) is 0.187. The summed E-state index contributed by atoms with van der Waals surface area (Å²) in [4.78, 5) is 34.5. The van der Waals surface area contributed by atoms with Gasteiger partial charge in [-0.3, -0.25) is 14.4 Å². The number of aliphatic carboxylic acids is 2. The summed E-state index contributed by atoms with van der Waals surface area (Å²) in [7, 11) is 0. The average molecular weight is 455 g/mol. The average Bonchev–Trinajstić information content (AvgIpc) is 3.03. The standard InChI is InChI=1S/C25H42O7/c1-6-9-20(13-16(2)12-19(5)24(28)29)32-25(30)17(3)10-7-8-11-22-18(4)14-21(31-22)15-23(26)27/h17-22H,2,6-15H2,1,3-5H3,(H,26,27)(H,28,29)/t17-,18-,19-,20-,21+,22-/m1/s1. The van der Waals surface area contributed by atoms with E-state index in [1.165, 1.54) is 0 Å². The number of carbonyl (C=O) groups excluding carboxylic acids is 1. The van der Waals surface area contributed by atoms with Crippen molar-refractivity contribution in [1.29, 1.82) is 0 Å². The van der Waals surface area contributed by atoms with Gasteiger partial charge in [0.2, 0.25) is 0 Å². The second-order valence-corrected chi connectivity index (χ2v) is 9.54. The van der Waals surface area contributed by atoms with Crippen LogP contribution < -0.4 is 0 Å². The van der Waals surface area contributed by atoms with Gasteiger partial charge in [0.15, 0.2) is 0 Å². The third kappa shape index (κ3) is 10.6. The van der Waals surface area contributed by atoms with Crippen molar-refractivity contribution in [3.63, 3.8) is 0 Å². The maximum absolute atomic E-state index is 12.6. The molecule has 1 saturated heterocycles. The summed E-state index contributed by atoms with van der Waals surface area (Å²) in [5.74, 6) is -2.23. The number of rotatable bonds is 16. The van der Waals surface area contributed by atoms with Gasteiger partial charge in [0, 0.05) is 6.42 Å². The monoisotopic (exact) mass is 454 g/mol. The molecule has 0 unspecified atom stereocenters. The van der Waals surface area contributed by atoms with Crippen molar-refractivity contribution in [3.8, 4) is 0 Å². The lowest BCUT2D eigenvalue weighted by atomic mass is 9.95. The molecule has 0 spiro atoms. The highest BCUT2D eigenvalue weighted by Crippen LogP contribution is 2.31. The van der Waals surface area contributed by atoms with E-state index in [9.17, 15) is 14.4 Å². The predicted molar refractivity (Wildman–Crippen MR) is 122 cm³/mol. The molecule has 2 N–H and O–H groups in total. The van der Waals surface area contributed by atoms with Gasteiger partial charge in [0.05, 0.1) is 30.5 Å². The van der Waals surface area contributed by atoms with E-state index in [1.54, 1.807) is 6.92 Å². The van der Waals surface area contributed by atoms with Crippen molar-refractivity contribution in [3.05, 3.63) is 12.2 Å². The smallest absolute Gasteiger partial charge is 0.308 e. The van der Waals surface area contributed by atoms with E-state index in [2.05, 4.69) is 13.5 Å². The van der Waals surface area contributed by atoms with Gasteiger partial charge in [-0.25, -0.2) is 0 Å². The van der Waals surface area contributed by atoms with E-state index in [4.69, 9.17) is 19.7 Å². The van der Waals surface area contributed by atoms with E-state index >= 15 is 0 Å². The Morgan fingerprint density at radius 3 is 2.38 bits per heavy atom. The summed E-state index contributed by atoms with van der Waals surface area (Å²) in [6, 6.07) is 0. The molecule has 184 valence electrons. The molecule has 0 aromatic carbocycles. The minimum Gasteiger partial charge on any atom is -0.481 e. The SMILES string of the molecule is C=C(C[C@@H](CCC)OC(=O)[C@H](C)CCCC[C@H]1O[C@H](CC(=O)O)C[C@H]1C)C[C@@H](C)C(=O)O. The molecule has 0 bridgehead atoms. The fourth-order valence-corrected chi connectivity index (χ4v) is 4.33. The summed E-state index contributed by atoms with van der Waals surface area (Å²) in [5, 5.41) is 18.0. The zero-order valence-electron chi connectivity index (χ0n) is 20.2. The first-order valence-electron chi connectivity index (χ1n) is 12.0. The Morgan fingerprint density at radius 2 is 1.78 bits per heavy atom. The van der Waals surface area contributed by atoms with Crippen LogP contribution in [0.25, 0.3) is 0 Å². The zero-order valence-corrected chi connectivity index (χ0v) is 20.2. The number of unbranched alkanes of at least 4 members (excludes halogenated alkanes) is 1. The second-order valence-electron chi connectivity index (χ2n) is 9.54. The minimum atomic E-state index is -0.849. The van der Waals surface area contributed by atoms with Crippen molar-refractivity contribution >= 4 is 17.9 Å². The topological polar surface area (TPSA) is 110 Å². The molecule has 6 atom stereocenters. The van der Waals surface area contributed by atoms with Crippen molar-refractivity contribution in [2.75, 3.05) is 0 Å². The molecule has 7 nitrogen and oxygen atoms in total. The summed E-state index contributed by atoms with van der Waals surface area (Å²) >= 11 is 0. The van der Waals surface area contributed by atoms with E-state index < -0.39 is 17.9 Å². The third-order valence-corrected chi connectivity index (χ3v) is 6.24. The summed E-state index contributed by atoms with van der Waals surface area (Å²) in [5.41, 5.74) is 0.797. The van der Waals surface area contributed by atoms with Crippen LogP contribution >= 0.6 is 0 Å². The van der Waals surface area contributed by atoms with E-state index in [0.717, 1.165) is 50.5 Å². The first kappa shape index (κ1) is 28.1. The van der Waals surface area contributed by atoms with Crippen LogP contribution in [0.3, 0.4) is 0 Å². The Kier molecular flexibility index (Phi) is 12.6. The molecule has 7 heteroatoms. The molecule has 0 aliphatic carbocycles. The number of carbonyl (C=O) groups is 3. The molecule has 0 amide bonds. The number of esters is 1. The number of carboxylic acid groups (broad SMARTS) is 2. The number of hydrogen-bond acceptors (Lipinski definition) is 5. The number of carboxylic acids is 2. The van der Waals surface area contributed by atoms with Gasteiger partial charge >= 0.3 is 17.9 Å². The lowest BCUT2D eigenvalue weighted by Gasteiger charge is -2.22. The van der Waals surface area contributed by atoms with Crippen molar-refractivity contribution < 1.29 is 34.1 Å². The van der Waals surface area contributed by atoms with Crippen LogP contribution in [-0.2, 0) is 23.9 Å².